The highest BCUT2D eigenvalue weighted by Crippen LogP contribution is 2.20. The van der Waals surface area contributed by atoms with Crippen molar-refractivity contribution in [3.8, 4) is 0 Å². The fraction of sp³-hybridized carbons (Fsp3) is 0.300. The number of hydrogen-bond acceptors (Lipinski definition) is 3. The van der Waals surface area contributed by atoms with Gasteiger partial charge in [-0.05, 0) is 36.2 Å². The Labute approximate surface area is 148 Å². The van der Waals surface area contributed by atoms with Crippen molar-refractivity contribution in [2.75, 3.05) is 16.4 Å². The molecule has 0 aliphatic heterocycles. The average Bonchev–Trinajstić information content (AvgIpc) is 2.53. The van der Waals surface area contributed by atoms with Gasteiger partial charge in [-0.1, -0.05) is 45.0 Å². The predicted octanol–water partition coefficient (Wildman–Crippen LogP) is 3.82. The molecular weight excluding hydrogens is 314 g/mol. The molecule has 0 aromatic heterocycles. The highest BCUT2D eigenvalue weighted by molar-refractivity contribution is 5.96. The van der Waals surface area contributed by atoms with Crippen molar-refractivity contribution in [2.45, 2.75) is 33.6 Å². The van der Waals surface area contributed by atoms with Crippen molar-refractivity contribution >= 4 is 28.9 Å². The Morgan fingerprint density at radius 2 is 1.60 bits per heavy atom. The number of rotatable bonds is 5. The lowest BCUT2D eigenvalue weighted by Gasteiger charge is -2.18. The standard InChI is InChI=1S/C20H25N3O2/c1-20(2,3)19(25)23-16-9-6-8-15(13-16)22-18(24)12-11-14-7-4-5-10-17(14)21/h4-10,13H,11-12,21H2,1-3H3,(H,22,24)(H,23,25). The molecule has 0 heterocycles. The minimum Gasteiger partial charge on any atom is -0.399 e. The molecule has 132 valence electrons. The Morgan fingerprint density at radius 1 is 0.960 bits per heavy atom. The van der Waals surface area contributed by atoms with E-state index in [9.17, 15) is 9.59 Å². The van der Waals surface area contributed by atoms with Crippen LogP contribution in [0, 0.1) is 5.41 Å². The number of nitrogens with one attached hydrogen (secondary N) is 2. The third-order valence-corrected chi connectivity index (χ3v) is 3.76. The van der Waals surface area contributed by atoms with Crippen molar-refractivity contribution in [1.29, 1.82) is 0 Å². The van der Waals surface area contributed by atoms with Crippen LogP contribution in [0.15, 0.2) is 48.5 Å². The molecule has 0 radical (unpaired) electrons. The van der Waals surface area contributed by atoms with Gasteiger partial charge in [0.15, 0.2) is 0 Å². The van der Waals surface area contributed by atoms with Crippen LogP contribution < -0.4 is 16.4 Å². The van der Waals surface area contributed by atoms with Crippen molar-refractivity contribution in [3.05, 3.63) is 54.1 Å². The summed E-state index contributed by atoms with van der Waals surface area (Å²) in [6.07, 6.45) is 0.922. The molecule has 0 fully saturated rings. The number of para-hydroxylation sites is 1. The van der Waals surface area contributed by atoms with Gasteiger partial charge in [-0.2, -0.15) is 0 Å². The topological polar surface area (TPSA) is 84.2 Å². The number of carbonyl (C=O) groups is 2. The van der Waals surface area contributed by atoms with Crippen molar-refractivity contribution in [2.24, 2.45) is 5.41 Å². The van der Waals surface area contributed by atoms with Crippen LogP contribution in [0.1, 0.15) is 32.8 Å². The highest BCUT2D eigenvalue weighted by atomic mass is 16.2. The van der Waals surface area contributed by atoms with E-state index < -0.39 is 5.41 Å². The summed E-state index contributed by atoms with van der Waals surface area (Å²) in [6.45, 7) is 5.55. The number of amides is 2. The summed E-state index contributed by atoms with van der Waals surface area (Å²) in [5, 5.41) is 5.71. The first-order chi connectivity index (χ1) is 11.8. The molecule has 2 aromatic rings. The SMILES string of the molecule is CC(C)(C)C(=O)Nc1cccc(NC(=O)CCc2ccccc2N)c1. The Balaban J connectivity index is 1.94. The number of benzene rings is 2. The number of nitrogens with two attached hydrogens (primary N) is 1. The van der Waals surface area contributed by atoms with Gasteiger partial charge in [-0.3, -0.25) is 9.59 Å². The van der Waals surface area contributed by atoms with Crippen LogP contribution in [0.25, 0.3) is 0 Å². The monoisotopic (exact) mass is 339 g/mol. The van der Waals surface area contributed by atoms with E-state index in [0.29, 0.717) is 29.9 Å². The fourth-order valence-corrected chi connectivity index (χ4v) is 2.23. The van der Waals surface area contributed by atoms with Crippen LogP contribution in [0.4, 0.5) is 17.1 Å². The molecule has 0 atom stereocenters. The van der Waals surface area contributed by atoms with Crippen LogP contribution in [-0.2, 0) is 16.0 Å². The number of anilines is 3. The molecule has 0 bridgehead atoms. The fourth-order valence-electron chi connectivity index (χ4n) is 2.23. The van der Waals surface area contributed by atoms with Crippen molar-refractivity contribution < 1.29 is 9.59 Å². The largest absolute Gasteiger partial charge is 0.399 e. The van der Waals surface area contributed by atoms with Gasteiger partial charge < -0.3 is 16.4 Å². The Morgan fingerprint density at radius 3 is 2.24 bits per heavy atom. The maximum absolute atomic E-state index is 12.2. The van der Waals surface area contributed by atoms with Crippen LogP contribution >= 0.6 is 0 Å². The molecular formula is C20H25N3O2. The Hall–Kier alpha value is -2.82. The molecule has 0 unspecified atom stereocenters. The first-order valence-corrected chi connectivity index (χ1v) is 8.30. The van der Waals surface area contributed by atoms with E-state index in [1.54, 1.807) is 24.3 Å². The van der Waals surface area contributed by atoms with Gasteiger partial charge in [-0.25, -0.2) is 0 Å². The molecule has 0 saturated heterocycles. The zero-order valence-corrected chi connectivity index (χ0v) is 14.9. The number of carbonyl (C=O) groups excluding carboxylic acids is 2. The molecule has 0 saturated carbocycles. The summed E-state index contributed by atoms with van der Waals surface area (Å²) in [6, 6.07) is 14.7. The normalized spacial score (nSPS) is 11.0. The van der Waals surface area contributed by atoms with Crippen LogP contribution in [0.2, 0.25) is 0 Å². The van der Waals surface area contributed by atoms with E-state index >= 15 is 0 Å². The molecule has 0 aliphatic carbocycles. The van der Waals surface area contributed by atoms with E-state index in [1.807, 2.05) is 45.0 Å². The smallest absolute Gasteiger partial charge is 0.229 e. The second-order valence-electron chi connectivity index (χ2n) is 7.03. The minimum absolute atomic E-state index is 0.0736. The van der Waals surface area contributed by atoms with E-state index in [1.165, 1.54) is 0 Å². The van der Waals surface area contributed by atoms with Crippen LogP contribution in [0.3, 0.4) is 0 Å². The average molecular weight is 339 g/mol. The number of nitrogen functional groups attached to an aromatic ring is 1. The second-order valence-corrected chi connectivity index (χ2v) is 7.03. The van der Waals surface area contributed by atoms with E-state index in [-0.39, 0.29) is 11.8 Å². The highest BCUT2D eigenvalue weighted by Gasteiger charge is 2.21. The van der Waals surface area contributed by atoms with Crippen LogP contribution in [-0.4, -0.2) is 11.8 Å². The predicted molar refractivity (Wildman–Crippen MR) is 102 cm³/mol. The van der Waals surface area contributed by atoms with Gasteiger partial charge in [0.1, 0.15) is 0 Å². The summed E-state index contributed by atoms with van der Waals surface area (Å²) < 4.78 is 0. The first kappa shape index (κ1) is 18.5. The van der Waals surface area contributed by atoms with Gasteiger partial charge in [0.05, 0.1) is 0 Å². The molecule has 5 nitrogen and oxygen atoms in total. The Bertz CT molecular complexity index is 764. The zero-order valence-electron chi connectivity index (χ0n) is 14.9. The number of hydrogen-bond donors (Lipinski definition) is 3. The lowest BCUT2D eigenvalue weighted by molar-refractivity contribution is -0.123. The van der Waals surface area contributed by atoms with E-state index in [4.69, 9.17) is 5.73 Å². The summed E-state index contributed by atoms with van der Waals surface area (Å²) in [5.74, 6) is -0.168. The maximum atomic E-state index is 12.2. The van der Waals surface area contributed by atoms with E-state index in [2.05, 4.69) is 10.6 Å². The molecule has 0 aliphatic rings. The molecule has 5 heteroatoms. The van der Waals surface area contributed by atoms with Gasteiger partial charge in [-0.15, -0.1) is 0 Å². The third kappa shape index (κ3) is 5.64. The molecule has 2 aromatic carbocycles. The van der Waals surface area contributed by atoms with Gasteiger partial charge >= 0.3 is 0 Å². The maximum Gasteiger partial charge on any atom is 0.229 e. The summed E-state index contributed by atoms with van der Waals surface area (Å²) in [7, 11) is 0. The lowest BCUT2D eigenvalue weighted by atomic mass is 9.95. The molecule has 2 amide bonds. The number of aryl methyl sites for hydroxylation is 1. The summed E-state index contributed by atoms with van der Waals surface area (Å²) >= 11 is 0. The summed E-state index contributed by atoms with van der Waals surface area (Å²) in [5.41, 5.74) is 8.38. The molecule has 2 rings (SSSR count). The molecule has 25 heavy (non-hydrogen) atoms. The van der Waals surface area contributed by atoms with Gasteiger partial charge in [0.25, 0.3) is 0 Å². The van der Waals surface area contributed by atoms with Crippen LogP contribution in [0.5, 0.6) is 0 Å². The van der Waals surface area contributed by atoms with Gasteiger partial charge in [0.2, 0.25) is 11.8 Å². The minimum atomic E-state index is -0.477. The van der Waals surface area contributed by atoms with Crippen molar-refractivity contribution in [3.63, 3.8) is 0 Å². The Kier molecular flexibility index (Phi) is 5.80. The first-order valence-electron chi connectivity index (χ1n) is 8.30. The third-order valence-electron chi connectivity index (χ3n) is 3.76. The summed E-state index contributed by atoms with van der Waals surface area (Å²) in [4.78, 5) is 24.2. The molecule has 0 spiro atoms. The second kappa shape index (κ2) is 7.83. The van der Waals surface area contributed by atoms with Crippen molar-refractivity contribution in [1.82, 2.24) is 0 Å². The lowest BCUT2D eigenvalue weighted by Crippen LogP contribution is -2.27. The van der Waals surface area contributed by atoms with E-state index in [0.717, 1.165) is 5.56 Å². The quantitative estimate of drug-likeness (QED) is 0.724. The van der Waals surface area contributed by atoms with Gasteiger partial charge in [0, 0.05) is 28.9 Å². The molecule has 4 N–H and O–H groups in total. The zero-order chi connectivity index (χ0) is 18.4.